The minimum Gasteiger partial charge on any atom is -0.496 e. The lowest BCUT2D eigenvalue weighted by atomic mass is 10.0. The van der Waals surface area contributed by atoms with Crippen LogP contribution in [0, 0.1) is 6.92 Å². The number of carbonyl (C=O) groups is 1. The number of amides is 1. The zero-order valence-corrected chi connectivity index (χ0v) is 9.41. The highest BCUT2D eigenvalue weighted by atomic mass is 16.5. The smallest absolute Gasteiger partial charge is 0.240 e. The quantitative estimate of drug-likeness (QED) is 0.820. The van der Waals surface area contributed by atoms with Crippen LogP contribution in [0.4, 0.5) is 0 Å². The molecule has 1 aromatic carbocycles. The van der Waals surface area contributed by atoms with Crippen LogP contribution in [0.3, 0.4) is 0 Å². The molecule has 0 spiro atoms. The SMILES string of the molecule is COc1ccc(C)cc1C1=NNC(=O)CC1. The number of benzene rings is 1. The maximum atomic E-state index is 11.0. The lowest BCUT2D eigenvalue weighted by Crippen LogP contribution is -2.26. The molecule has 0 saturated carbocycles. The second-order valence-corrected chi connectivity index (χ2v) is 3.80. The van der Waals surface area contributed by atoms with Gasteiger partial charge >= 0.3 is 0 Å². The first-order chi connectivity index (χ1) is 7.70. The van der Waals surface area contributed by atoms with E-state index in [1.54, 1.807) is 7.11 Å². The standard InChI is InChI=1S/C12H14N2O2/c1-8-3-5-11(16-2)9(7-8)10-4-6-12(15)14-13-10/h3,5,7H,4,6H2,1-2H3,(H,14,15). The van der Waals surface area contributed by atoms with Gasteiger partial charge in [0.2, 0.25) is 5.91 Å². The molecule has 0 aliphatic carbocycles. The van der Waals surface area contributed by atoms with E-state index in [0.717, 1.165) is 22.6 Å². The molecule has 1 amide bonds. The Labute approximate surface area is 94.3 Å². The third kappa shape index (κ3) is 2.05. The van der Waals surface area contributed by atoms with Crippen molar-refractivity contribution < 1.29 is 9.53 Å². The van der Waals surface area contributed by atoms with Crippen molar-refractivity contribution in [3.05, 3.63) is 29.3 Å². The van der Waals surface area contributed by atoms with Crippen LogP contribution in [-0.4, -0.2) is 18.7 Å². The first-order valence-electron chi connectivity index (χ1n) is 5.21. The summed E-state index contributed by atoms with van der Waals surface area (Å²) >= 11 is 0. The monoisotopic (exact) mass is 218 g/mol. The number of rotatable bonds is 2. The van der Waals surface area contributed by atoms with Crippen LogP contribution in [-0.2, 0) is 4.79 Å². The Morgan fingerprint density at radius 3 is 2.81 bits per heavy atom. The first-order valence-corrected chi connectivity index (χ1v) is 5.21. The molecule has 0 saturated heterocycles. The molecule has 4 heteroatoms. The van der Waals surface area contributed by atoms with Crippen molar-refractivity contribution in [2.75, 3.05) is 7.11 Å². The van der Waals surface area contributed by atoms with E-state index in [1.165, 1.54) is 0 Å². The second kappa shape index (κ2) is 4.35. The van der Waals surface area contributed by atoms with Gasteiger partial charge in [-0.05, 0) is 19.1 Å². The van der Waals surface area contributed by atoms with Crippen molar-refractivity contribution in [1.29, 1.82) is 0 Å². The van der Waals surface area contributed by atoms with Gasteiger partial charge in [-0.1, -0.05) is 11.6 Å². The van der Waals surface area contributed by atoms with Crippen molar-refractivity contribution in [2.24, 2.45) is 5.10 Å². The van der Waals surface area contributed by atoms with Crippen LogP contribution in [0.5, 0.6) is 5.75 Å². The molecule has 1 N–H and O–H groups in total. The number of hydrazone groups is 1. The molecule has 4 nitrogen and oxygen atoms in total. The van der Waals surface area contributed by atoms with Gasteiger partial charge in [0.25, 0.3) is 0 Å². The first kappa shape index (κ1) is 10.7. The highest BCUT2D eigenvalue weighted by molar-refractivity contribution is 6.06. The number of carbonyl (C=O) groups excluding carboxylic acids is 1. The molecular weight excluding hydrogens is 204 g/mol. The summed E-state index contributed by atoms with van der Waals surface area (Å²) in [6.07, 6.45) is 1.14. The molecule has 1 aromatic rings. The fourth-order valence-corrected chi connectivity index (χ4v) is 1.72. The molecule has 0 unspecified atom stereocenters. The molecule has 0 radical (unpaired) electrons. The second-order valence-electron chi connectivity index (χ2n) is 3.80. The minimum atomic E-state index is -0.0321. The van der Waals surface area contributed by atoms with Gasteiger partial charge in [0.15, 0.2) is 0 Å². The van der Waals surface area contributed by atoms with Crippen LogP contribution in [0.15, 0.2) is 23.3 Å². The van der Waals surface area contributed by atoms with Gasteiger partial charge in [0.1, 0.15) is 5.75 Å². The molecule has 16 heavy (non-hydrogen) atoms. The van der Waals surface area contributed by atoms with Gasteiger partial charge in [0.05, 0.1) is 12.8 Å². The molecule has 0 aromatic heterocycles. The molecule has 1 aliphatic rings. The molecule has 0 atom stereocenters. The highest BCUT2D eigenvalue weighted by Gasteiger charge is 2.16. The maximum Gasteiger partial charge on any atom is 0.240 e. The molecule has 1 heterocycles. The largest absolute Gasteiger partial charge is 0.496 e. The van der Waals surface area contributed by atoms with Crippen LogP contribution < -0.4 is 10.2 Å². The Morgan fingerprint density at radius 2 is 2.19 bits per heavy atom. The number of nitrogens with zero attached hydrogens (tertiary/aromatic N) is 1. The number of hydrogen-bond donors (Lipinski definition) is 1. The summed E-state index contributed by atoms with van der Waals surface area (Å²) in [4.78, 5) is 11.0. The van der Waals surface area contributed by atoms with Gasteiger partial charge < -0.3 is 4.74 Å². The van der Waals surface area contributed by atoms with Gasteiger partial charge in [-0.2, -0.15) is 5.10 Å². The molecular formula is C12H14N2O2. The van der Waals surface area contributed by atoms with Gasteiger partial charge in [-0.25, -0.2) is 5.43 Å². The molecule has 2 rings (SSSR count). The average molecular weight is 218 g/mol. The van der Waals surface area contributed by atoms with E-state index in [1.807, 2.05) is 25.1 Å². The fraction of sp³-hybridized carbons (Fsp3) is 0.333. The van der Waals surface area contributed by atoms with Crippen molar-refractivity contribution in [2.45, 2.75) is 19.8 Å². The third-order valence-corrected chi connectivity index (χ3v) is 2.57. The minimum absolute atomic E-state index is 0.0321. The predicted molar refractivity (Wildman–Crippen MR) is 61.6 cm³/mol. The zero-order valence-electron chi connectivity index (χ0n) is 9.41. The van der Waals surface area contributed by atoms with Crippen LogP contribution in [0.2, 0.25) is 0 Å². The average Bonchev–Trinajstić information content (AvgIpc) is 2.30. The Morgan fingerprint density at radius 1 is 1.38 bits per heavy atom. The fourth-order valence-electron chi connectivity index (χ4n) is 1.72. The number of hydrogen-bond acceptors (Lipinski definition) is 3. The van der Waals surface area contributed by atoms with E-state index in [2.05, 4.69) is 10.5 Å². The summed E-state index contributed by atoms with van der Waals surface area (Å²) in [6.45, 7) is 2.02. The molecule has 84 valence electrons. The maximum absolute atomic E-state index is 11.0. The molecule has 1 aliphatic heterocycles. The summed E-state index contributed by atoms with van der Waals surface area (Å²) in [7, 11) is 1.64. The Kier molecular flexibility index (Phi) is 2.90. The van der Waals surface area contributed by atoms with Crippen molar-refractivity contribution in [1.82, 2.24) is 5.43 Å². The lowest BCUT2D eigenvalue weighted by molar-refractivity contribution is -0.121. The Balaban J connectivity index is 2.39. The summed E-state index contributed by atoms with van der Waals surface area (Å²) in [5.74, 6) is 0.760. The van der Waals surface area contributed by atoms with Crippen molar-refractivity contribution >= 4 is 11.6 Å². The normalized spacial score (nSPS) is 15.4. The van der Waals surface area contributed by atoms with E-state index in [0.29, 0.717) is 12.8 Å². The van der Waals surface area contributed by atoms with E-state index < -0.39 is 0 Å². The molecule has 0 fully saturated rings. The number of nitrogens with one attached hydrogen (secondary N) is 1. The number of methoxy groups -OCH3 is 1. The van der Waals surface area contributed by atoms with E-state index in [4.69, 9.17) is 4.74 Å². The van der Waals surface area contributed by atoms with Crippen LogP contribution in [0.1, 0.15) is 24.0 Å². The highest BCUT2D eigenvalue weighted by Crippen LogP contribution is 2.23. The van der Waals surface area contributed by atoms with Crippen LogP contribution >= 0.6 is 0 Å². The Bertz CT molecular complexity index is 452. The van der Waals surface area contributed by atoms with E-state index in [-0.39, 0.29) is 5.91 Å². The summed E-state index contributed by atoms with van der Waals surface area (Å²) in [6, 6.07) is 5.93. The topological polar surface area (TPSA) is 50.7 Å². The van der Waals surface area contributed by atoms with Crippen molar-refractivity contribution in [3.8, 4) is 5.75 Å². The number of ether oxygens (including phenoxy) is 1. The van der Waals surface area contributed by atoms with Gasteiger partial charge in [-0.15, -0.1) is 0 Å². The lowest BCUT2D eigenvalue weighted by Gasteiger charge is -2.15. The predicted octanol–water partition coefficient (Wildman–Crippen LogP) is 1.62. The molecule has 0 bridgehead atoms. The van der Waals surface area contributed by atoms with Crippen molar-refractivity contribution in [3.63, 3.8) is 0 Å². The summed E-state index contributed by atoms with van der Waals surface area (Å²) in [5, 5.41) is 4.07. The van der Waals surface area contributed by atoms with Crippen LogP contribution in [0.25, 0.3) is 0 Å². The number of aryl methyl sites for hydroxylation is 1. The van der Waals surface area contributed by atoms with E-state index in [9.17, 15) is 4.79 Å². The van der Waals surface area contributed by atoms with Gasteiger partial charge in [-0.3, -0.25) is 4.79 Å². The Hall–Kier alpha value is -1.84. The van der Waals surface area contributed by atoms with Gasteiger partial charge in [0, 0.05) is 18.4 Å². The summed E-state index contributed by atoms with van der Waals surface area (Å²) in [5.41, 5.74) is 5.48. The summed E-state index contributed by atoms with van der Waals surface area (Å²) < 4.78 is 5.29. The van der Waals surface area contributed by atoms with E-state index >= 15 is 0 Å². The zero-order chi connectivity index (χ0) is 11.5. The third-order valence-electron chi connectivity index (χ3n) is 2.57.